The summed E-state index contributed by atoms with van der Waals surface area (Å²) in [6, 6.07) is 3.97. The minimum Gasteiger partial charge on any atom is -0.443 e. The Kier molecular flexibility index (Phi) is 5.70. The van der Waals surface area contributed by atoms with Crippen LogP contribution >= 0.6 is 11.3 Å². The first-order valence-corrected chi connectivity index (χ1v) is 9.32. The third-order valence-electron chi connectivity index (χ3n) is 4.03. The molecule has 1 aliphatic rings. The van der Waals surface area contributed by atoms with Crippen molar-refractivity contribution in [2.45, 2.75) is 20.4 Å². The van der Waals surface area contributed by atoms with E-state index in [4.69, 9.17) is 4.42 Å². The van der Waals surface area contributed by atoms with Gasteiger partial charge in [-0.15, -0.1) is 11.3 Å². The van der Waals surface area contributed by atoms with E-state index in [1.165, 1.54) is 0 Å². The van der Waals surface area contributed by atoms with Gasteiger partial charge in [-0.1, -0.05) is 6.07 Å². The van der Waals surface area contributed by atoms with Gasteiger partial charge in [0.25, 0.3) is 0 Å². The molecule has 1 N–H and O–H groups in total. The van der Waals surface area contributed by atoms with Crippen molar-refractivity contribution >= 4 is 23.2 Å². The predicted molar refractivity (Wildman–Crippen MR) is 98.5 cm³/mol. The quantitative estimate of drug-likeness (QED) is 0.666. The Labute approximate surface area is 151 Å². The number of guanidine groups is 1. The number of rotatable bonds is 4. The molecule has 0 radical (unpaired) electrons. The van der Waals surface area contributed by atoms with Crippen LogP contribution in [0.1, 0.15) is 19.5 Å². The summed E-state index contributed by atoms with van der Waals surface area (Å²) in [4.78, 5) is 25.7. The number of oxazole rings is 1. The van der Waals surface area contributed by atoms with Crippen LogP contribution in [0.3, 0.4) is 0 Å². The van der Waals surface area contributed by atoms with Gasteiger partial charge < -0.3 is 19.5 Å². The zero-order chi connectivity index (χ0) is 17.6. The summed E-state index contributed by atoms with van der Waals surface area (Å²) in [5, 5.41) is 5.32. The number of aromatic nitrogens is 1. The lowest BCUT2D eigenvalue weighted by atomic mass is 10.3. The number of hydrogen-bond donors (Lipinski definition) is 1. The molecule has 134 valence electrons. The van der Waals surface area contributed by atoms with E-state index in [0.717, 1.165) is 49.3 Å². The molecule has 3 rings (SSSR count). The fraction of sp³-hybridized carbons (Fsp3) is 0.471. The van der Waals surface area contributed by atoms with Crippen molar-refractivity contribution in [2.75, 3.05) is 32.7 Å². The highest BCUT2D eigenvalue weighted by molar-refractivity contribution is 7.13. The second-order valence-electron chi connectivity index (χ2n) is 5.78. The molecule has 1 saturated heterocycles. The first-order valence-electron chi connectivity index (χ1n) is 8.44. The highest BCUT2D eigenvalue weighted by atomic mass is 32.1. The van der Waals surface area contributed by atoms with Crippen LogP contribution < -0.4 is 5.32 Å². The number of aliphatic imine (C=N–C) groups is 1. The molecule has 3 heterocycles. The average Bonchev–Trinajstić information content (AvgIpc) is 3.30. The summed E-state index contributed by atoms with van der Waals surface area (Å²) in [5.74, 6) is 1.62. The Balaban J connectivity index is 1.64. The van der Waals surface area contributed by atoms with Crippen LogP contribution in [0, 0.1) is 0 Å². The number of amides is 1. The Morgan fingerprint density at radius 3 is 2.76 bits per heavy atom. The minimum atomic E-state index is 0.130. The summed E-state index contributed by atoms with van der Waals surface area (Å²) in [5.41, 5.74) is 0.807. The van der Waals surface area contributed by atoms with Crippen molar-refractivity contribution in [3.8, 4) is 10.8 Å². The number of piperazine rings is 1. The van der Waals surface area contributed by atoms with Gasteiger partial charge in [0.1, 0.15) is 12.0 Å². The molecule has 0 spiro atoms. The maximum Gasteiger partial charge on any atom is 0.236 e. The van der Waals surface area contributed by atoms with E-state index in [1.54, 1.807) is 24.5 Å². The van der Waals surface area contributed by atoms with E-state index < -0.39 is 0 Å². The van der Waals surface area contributed by atoms with Crippen LogP contribution in [0.25, 0.3) is 10.8 Å². The molecule has 2 aromatic rings. The monoisotopic (exact) mass is 361 g/mol. The predicted octanol–water partition coefficient (Wildman–Crippen LogP) is 2.03. The number of nitrogens with one attached hydrogen (secondary N) is 1. The van der Waals surface area contributed by atoms with Gasteiger partial charge >= 0.3 is 0 Å². The van der Waals surface area contributed by atoms with Gasteiger partial charge in [0.15, 0.2) is 5.96 Å². The molecule has 1 fully saturated rings. The van der Waals surface area contributed by atoms with Crippen molar-refractivity contribution in [2.24, 2.45) is 4.99 Å². The molecule has 8 heteroatoms. The van der Waals surface area contributed by atoms with Gasteiger partial charge in [-0.2, -0.15) is 0 Å². The van der Waals surface area contributed by atoms with E-state index in [1.807, 2.05) is 29.3 Å². The molecular weight excluding hydrogens is 338 g/mol. The van der Waals surface area contributed by atoms with Gasteiger partial charge in [-0.05, 0) is 18.4 Å². The van der Waals surface area contributed by atoms with E-state index in [9.17, 15) is 4.79 Å². The molecule has 0 atom stereocenters. The Hall–Kier alpha value is -2.35. The number of nitrogens with zero attached hydrogens (tertiary/aromatic N) is 4. The molecule has 1 amide bonds. The number of carbonyl (C=O) groups excluding carboxylic acids is 1. The summed E-state index contributed by atoms with van der Waals surface area (Å²) in [6.07, 6.45) is 1.66. The molecule has 0 aromatic carbocycles. The van der Waals surface area contributed by atoms with Crippen molar-refractivity contribution in [1.29, 1.82) is 0 Å². The lowest BCUT2D eigenvalue weighted by Gasteiger charge is -2.36. The highest BCUT2D eigenvalue weighted by Crippen LogP contribution is 2.23. The Morgan fingerprint density at radius 1 is 1.36 bits per heavy atom. The number of hydrogen-bond acceptors (Lipinski definition) is 5. The normalized spacial score (nSPS) is 15.5. The second kappa shape index (κ2) is 8.15. The summed E-state index contributed by atoms with van der Waals surface area (Å²) in [7, 11) is 0. The van der Waals surface area contributed by atoms with Crippen LogP contribution in [0.2, 0.25) is 0 Å². The SMILES string of the molecule is CCNC(=NCc1coc(-c2cccs2)n1)N1CCN(C(C)=O)CC1. The third kappa shape index (κ3) is 4.39. The third-order valence-corrected chi connectivity index (χ3v) is 4.89. The maximum absolute atomic E-state index is 11.5. The van der Waals surface area contributed by atoms with Gasteiger partial charge in [-0.25, -0.2) is 9.98 Å². The fourth-order valence-electron chi connectivity index (χ4n) is 2.71. The van der Waals surface area contributed by atoms with Crippen molar-refractivity contribution in [3.63, 3.8) is 0 Å². The topological polar surface area (TPSA) is 74.0 Å². The summed E-state index contributed by atoms with van der Waals surface area (Å²) < 4.78 is 5.54. The fourth-order valence-corrected chi connectivity index (χ4v) is 3.36. The van der Waals surface area contributed by atoms with Gasteiger partial charge in [0.05, 0.1) is 11.4 Å². The van der Waals surface area contributed by atoms with Crippen LogP contribution in [-0.2, 0) is 11.3 Å². The molecule has 0 unspecified atom stereocenters. The molecule has 2 aromatic heterocycles. The average molecular weight is 361 g/mol. The van der Waals surface area contributed by atoms with Crippen LogP contribution in [-0.4, -0.2) is 59.4 Å². The number of thiophene rings is 1. The van der Waals surface area contributed by atoms with E-state index in [-0.39, 0.29) is 5.91 Å². The van der Waals surface area contributed by atoms with Crippen molar-refractivity contribution < 1.29 is 9.21 Å². The minimum absolute atomic E-state index is 0.130. The zero-order valence-electron chi connectivity index (χ0n) is 14.6. The summed E-state index contributed by atoms with van der Waals surface area (Å²) >= 11 is 1.60. The molecule has 7 nitrogen and oxygen atoms in total. The maximum atomic E-state index is 11.5. The first kappa shape index (κ1) is 17.5. The molecule has 0 saturated carbocycles. The lowest BCUT2D eigenvalue weighted by molar-refractivity contribution is -0.130. The highest BCUT2D eigenvalue weighted by Gasteiger charge is 2.21. The van der Waals surface area contributed by atoms with Crippen molar-refractivity contribution in [1.82, 2.24) is 20.1 Å². The van der Waals surface area contributed by atoms with Gasteiger partial charge in [0, 0.05) is 39.6 Å². The standard InChI is InChI=1S/C17H23N5O2S/c1-3-18-17(22-8-6-21(7-9-22)13(2)23)19-11-14-12-24-16(20-14)15-5-4-10-25-15/h4-5,10,12H,3,6-9,11H2,1-2H3,(H,18,19). The van der Waals surface area contributed by atoms with Crippen LogP contribution in [0.5, 0.6) is 0 Å². The Bertz CT molecular complexity index is 717. The smallest absolute Gasteiger partial charge is 0.236 e. The van der Waals surface area contributed by atoms with Crippen molar-refractivity contribution in [3.05, 3.63) is 29.5 Å². The zero-order valence-corrected chi connectivity index (χ0v) is 15.4. The molecule has 0 bridgehead atoms. The van der Waals surface area contributed by atoms with Crippen LogP contribution in [0.4, 0.5) is 0 Å². The summed E-state index contributed by atoms with van der Waals surface area (Å²) in [6.45, 7) is 7.94. The molecule has 25 heavy (non-hydrogen) atoms. The number of carbonyl (C=O) groups is 1. The molecule has 1 aliphatic heterocycles. The molecular formula is C17H23N5O2S. The lowest BCUT2D eigenvalue weighted by Crippen LogP contribution is -2.53. The van der Waals surface area contributed by atoms with Crippen LogP contribution in [0.15, 0.2) is 33.2 Å². The Morgan fingerprint density at radius 2 is 2.12 bits per heavy atom. The second-order valence-corrected chi connectivity index (χ2v) is 6.73. The van der Waals surface area contributed by atoms with Gasteiger partial charge in [-0.3, -0.25) is 4.79 Å². The largest absolute Gasteiger partial charge is 0.443 e. The molecule has 0 aliphatic carbocycles. The van der Waals surface area contributed by atoms with E-state index in [0.29, 0.717) is 12.4 Å². The van der Waals surface area contributed by atoms with E-state index in [2.05, 4.69) is 20.2 Å². The van der Waals surface area contributed by atoms with Gasteiger partial charge in [0.2, 0.25) is 11.8 Å². The van der Waals surface area contributed by atoms with E-state index >= 15 is 0 Å². The first-order chi connectivity index (χ1) is 12.2.